The van der Waals surface area contributed by atoms with Crippen molar-refractivity contribution in [2.24, 2.45) is 18.9 Å². The summed E-state index contributed by atoms with van der Waals surface area (Å²) < 4.78 is 1.64. The quantitative estimate of drug-likeness (QED) is 0.841. The van der Waals surface area contributed by atoms with Gasteiger partial charge < -0.3 is 4.90 Å². The Morgan fingerprint density at radius 2 is 2.00 bits per heavy atom. The van der Waals surface area contributed by atoms with Gasteiger partial charge in [0, 0.05) is 39.3 Å². The topological polar surface area (TPSA) is 41.4 Å². The van der Waals surface area contributed by atoms with Crippen molar-refractivity contribution >= 4 is 17.5 Å². The predicted octanol–water partition coefficient (Wildman–Crippen LogP) is 2.72. The van der Waals surface area contributed by atoms with Crippen LogP contribution in [0.3, 0.4) is 0 Å². The van der Waals surface area contributed by atoms with E-state index in [9.17, 15) is 4.79 Å². The number of hydrogen-bond acceptors (Lipinski definition) is 3. The van der Waals surface area contributed by atoms with Crippen LogP contribution in [0.1, 0.15) is 48.3 Å². The van der Waals surface area contributed by atoms with E-state index in [4.69, 9.17) is 11.6 Å². The van der Waals surface area contributed by atoms with Gasteiger partial charge in [-0.25, -0.2) is 0 Å². The minimum absolute atomic E-state index is 0.0468. The second kappa shape index (κ2) is 6.34. The number of rotatable bonds is 3. The van der Waals surface area contributed by atoms with Crippen LogP contribution in [0.4, 0.5) is 0 Å². The molecule has 4 fully saturated rings. The number of hydrogen-bond donors (Lipinski definition) is 0. The molecule has 3 saturated heterocycles. The van der Waals surface area contributed by atoms with Gasteiger partial charge in [-0.3, -0.25) is 14.4 Å². The van der Waals surface area contributed by atoms with Crippen molar-refractivity contribution in [1.82, 2.24) is 19.6 Å². The summed E-state index contributed by atoms with van der Waals surface area (Å²) in [6.45, 7) is 5.93. The van der Waals surface area contributed by atoms with Crippen molar-refractivity contribution in [2.45, 2.75) is 45.1 Å². The summed E-state index contributed by atoms with van der Waals surface area (Å²) in [4.78, 5) is 17.8. The summed E-state index contributed by atoms with van der Waals surface area (Å²) in [6, 6.07) is 0.515. The lowest BCUT2D eigenvalue weighted by Gasteiger charge is -2.40. The molecule has 5 nitrogen and oxygen atoms in total. The van der Waals surface area contributed by atoms with Crippen LogP contribution < -0.4 is 0 Å². The zero-order valence-electron chi connectivity index (χ0n) is 14.7. The van der Waals surface area contributed by atoms with Crippen LogP contribution in [0.25, 0.3) is 0 Å². The largest absolute Gasteiger partial charge is 0.335 e. The van der Waals surface area contributed by atoms with Gasteiger partial charge in [0.1, 0.15) is 5.69 Å². The number of aromatic nitrogens is 2. The monoisotopic (exact) mass is 350 g/mol. The molecule has 0 aromatic carbocycles. The Bertz CT molecular complexity index is 639. The van der Waals surface area contributed by atoms with E-state index in [2.05, 4.69) is 10.00 Å². The first-order valence-corrected chi connectivity index (χ1v) is 9.63. The van der Waals surface area contributed by atoms with Gasteiger partial charge in [-0.2, -0.15) is 5.10 Å². The third-order valence-electron chi connectivity index (χ3n) is 6.18. The lowest BCUT2D eigenvalue weighted by molar-refractivity contribution is 0.0707. The highest BCUT2D eigenvalue weighted by Gasteiger charge is 2.38. The SMILES string of the molecule is Cc1nn(C)c(C(=O)N2C[C@H]3CC[C@@H](C2)N(CC2CCC2)C3)c1Cl. The Kier molecular flexibility index (Phi) is 4.33. The molecule has 5 rings (SSSR count). The second-order valence-electron chi connectivity index (χ2n) is 7.93. The molecular weight excluding hydrogens is 324 g/mol. The van der Waals surface area contributed by atoms with Crippen LogP contribution >= 0.6 is 11.6 Å². The molecule has 0 spiro atoms. The van der Waals surface area contributed by atoms with Crippen molar-refractivity contribution in [3.8, 4) is 0 Å². The maximum absolute atomic E-state index is 13.1. The summed E-state index contributed by atoms with van der Waals surface area (Å²) in [5.41, 5.74) is 1.27. The number of carbonyl (C=O) groups excluding carboxylic acids is 1. The smallest absolute Gasteiger partial charge is 0.273 e. The summed E-state index contributed by atoms with van der Waals surface area (Å²) in [5.74, 6) is 1.54. The standard InChI is InChI=1S/C18H27ClN4O/c1-12-16(19)17(21(2)20-12)18(24)23-10-14-6-7-15(11-23)22(9-14)8-13-4-3-5-13/h13-15H,3-11H2,1-2H3/t14-,15-/m0/s1. The average molecular weight is 351 g/mol. The zero-order chi connectivity index (χ0) is 16.8. The molecule has 6 heteroatoms. The van der Waals surface area contributed by atoms with E-state index in [1.165, 1.54) is 38.6 Å². The van der Waals surface area contributed by atoms with Crippen LogP contribution in [0, 0.1) is 18.8 Å². The summed E-state index contributed by atoms with van der Waals surface area (Å²) >= 11 is 6.34. The minimum Gasteiger partial charge on any atom is -0.335 e. The van der Waals surface area contributed by atoms with Crippen molar-refractivity contribution in [1.29, 1.82) is 0 Å². The molecule has 1 aromatic rings. The predicted molar refractivity (Wildman–Crippen MR) is 94.3 cm³/mol. The van der Waals surface area contributed by atoms with Crippen molar-refractivity contribution in [2.75, 3.05) is 26.2 Å². The maximum Gasteiger partial charge on any atom is 0.273 e. The third kappa shape index (κ3) is 2.86. The van der Waals surface area contributed by atoms with Gasteiger partial charge in [0.2, 0.25) is 0 Å². The van der Waals surface area contributed by atoms with Gasteiger partial charge >= 0.3 is 0 Å². The molecule has 0 radical (unpaired) electrons. The van der Waals surface area contributed by atoms with E-state index in [-0.39, 0.29) is 5.91 Å². The number of nitrogens with zero attached hydrogens (tertiary/aromatic N) is 4. The Balaban J connectivity index is 1.51. The van der Waals surface area contributed by atoms with E-state index in [1.807, 2.05) is 11.8 Å². The number of fused-ring (bicyclic) bond motifs is 4. The third-order valence-corrected chi connectivity index (χ3v) is 6.64. The summed E-state index contributed by atoms with van der Waals surface area (Å²) in [7, 11) is 1.81. The van der Waals surface area contributed by atoms with Crippen molar-refractivity contribution in [3.05, 3.63) is 16.4 Å². The Hall–Kier alpha value is -1.07. The van der Waals surface area contributed by atoms with Crippen LogP contribution in [0.15, 0.2) is 0 Å². The molecule has 0 N–H and O–H groups in total. The van der Waals surface area contributed by atoms with E-state index < -0.39 is 0 Å². The van der Waals surface area contributed by atoms with E-state index in [0.29, 0.717) is 22.7 Å². The molecule has 4 heterocycles. The van der Waals surface area contributed by atoms with Gasteiger partial charge in [0.15, 0.2) is 0 Å². The minimum atomic E-state index is 0.0468. The molecule has 24 heavy (non-hydrogen) atoms. The molecule has 132 valence electrons. The van der Waals surface area contributed by atoms with Crippen LogP contribution in [-0.4, -0.2) is 57.7 Å². The van der Waals surface area contributed by atoms with Crippen molar-refractivity contribution < 1.29 is 4.79 Å². The molecule has 1 amide bonds. The Morgan fingerprint density at radius 1 is 1.21 bits per heavy atom. The maximum atomic E-state index is 13.1. The highest BCUT2D eigenvalue weighted by atomic mass is 35.5. The van der Waals surface area contributed by atoms with Crippen LogP contribution in [0.5, 0.6) is 0 Å². The lowest BCUT2D eigenvalue weighted by atomic mass is 9.83. The second-order valence-corrected chi connectivity index (χ2v) is 8.31. The van der Waals surface area contributed by atoms with Gasteiger partial charge in [-0.15, -0.1) is 0 Å². The van der Waals surface area contributed by atoms with Crippen molar-refractivity contribution in [3.63, 3.8) is 0 Å². The molecule has 1 aromatic heterocycles. The van der Waals surface area contributed by atoms with E-state index in [1.54, 1.807) is 11.7 Å². The summed E-state index contributed by atoms with van der Waals surface area (Å²) in [5, 5.41) is 4.81. The number of amides is 1. The highest BCUT2D eigenvalue weighted by Crippen LogP contribution is 2.34. The Labute approximate surface area is 148 Å². The molecule has 0 unspecified atom stereocenters. The lowest BCUT2D eigenvalue weighted by Crippen LogP contribution is -2.47. The molecule has 1 saturated carbocycles. The average Bonchev–Trinajstić information content (AvgIpc) is 2.71. The first kappa shape index (κ1) is 16.4. The molecule has 3 aliphatic heterocycles. The van der Waals surface area contributed by atoms with Gasteiger partial charge in [-0.1, -0.05) is 18.0 Å². The molecule has 1 aliphatic carbocycles. The van der Waals surface area contributed by atoms with E-state index in [0.717, 1.165) is 31.2 Å². The first-order valence-electron chi connectivity index (χ1n) is 9.25. The number of piperidine rings is 1. The highest BCUT2D eigenvalue weighted by molar-refractivity contribution is 6.34. The fourth-order valence-electron chi connectivity index (χ4n) is 4.59. The van der Waals surface area contributed by atoms with Crippen LogP contribution in [-0.2, 0) is 7.05 Å². The number of aryl methyl sites for hydroxylation is 2. The summed E-state index contributed by atoms with van der Waals surface area (Å²) in [6.07, 6.45) is 6.64. The molecule has 2 atom stereocenters. The molecular formula is C18H27ClN4O. The first-order chi connectivity index (χ1) is 11.5. The fourth-order valence-corrected chi connectivity index (χ4v) is 4.83. The fraction of sp³-hybridized carbons (Fsp3) is 0.778. The zero-order valence-corrected chi connectivity index (χ0v) is 15.4. The van der Waals surface area contributed by atoms with Gasteiger partial charge in [-0.05, 0) is 44.4 Å². The normalized spacial score (nSPS) is 28.0. The number of halogens is 1. The Morgan fingerprint density at radius 3 is 2.62 bits per heavy atom. The molecule has 4 aliphatic rings. The van der Waals surface area contributed by atoms with Gasteiger partial charge in [0.25, 0.3) is 5.91 Å². The van der Waals surface area contributed by atoms with Gasteiger partial charge in [0.05, 0.1) is 10.7 Å². The van der Waals surface area contributed by atoms with E-state index >= 15 is 0 Å². The number of carbonyl (C=O) groups is 1. The molecule has 2 bridgehead atoms. The van der Waals surface area contributed by atoms with Crippen LogP contribution in [0.2, 0.25) is 5.02 Å².